The molecule has 1 aromatic heterocycles. The Labute approximate surface area is 268 Å². The number of amides is 1. The molecule has 1 aliphatic heterocycles. The minimum atomic E-state index is -5.12. The van der Waals surface area contributed by atoms with Crippen LogP contribution in [0.25, 0.3) is 10.2 Å². The molecule has 11 nitrogen and oxygen atoms in total. The molecule has 0 atom stereocenters. The number of nitrogens with zero attached hydrogens (tertiary/aromatic N) is 4. The minimum Gasteiger partial charge on any atom is -0.368 e. The molecule has 2 fully saturated rings. The van der Waals surface area contributed by atoms with E-state index in [-0.39, 0.29) is 24.7 Å². The number of nitrogens with one attached hydrogen (secondary N) is 1. The molecule has 19 heteroatoms. The van der Waals surface area contributed by atoms with Crippen molar-refractivity contribution in [3.63, 3.8) is 0 Å². The van der Waals surface area contributed by atoms with Crippen molar-refractivity contribution in [1.29, 1.82) is 0 Å². The lowest BCUT2D eigenvalue weighted by Gasteiger charge is -2.35. The van der Waals surface area contributed by atoms with Crippen LogP contribution in [0.1, 0.15) is 41.8 Å². The van der Waals surface area contributed by atoms with E-state index >= 15 is 0 Å². The third-order valence-corrected chi connectivity index (χ3v) is 10.6. The molecule has 1 aliphatic carbocycles. The SMILES string of the molecule is O=C(COC1CCC(NS(=O)(=O)c2ccc([N+](=O)[O-])c(C(F)(F)F)c2)CC1)N1CCN(Cc2nc3cc(C(F)(F)F)ccc3s2)CC1. The second-order valence-electron chi connectivity index (χ2n) is 11.3. The number of aromatic nitrogens is 1. The van der Waals surface area contributed by atoms with Gasteiger partial charge in [-0.3, -0.25) is 19.8 Å². The van der Waals surface area contributed by atoms with Crippen molar-refractivity contribution >= 4 is 43.2 Å². The van der Waals surface area contributed by atoms with E-state index in [0.29, 0.717) is 79.7 Å². The van der Waals surface area contributed by atoms with Crippen molar-refractivity contribution in [3.05, 3.63) is 62.6 Å². The molecule has 1 saturated carbocycles. The Kier molecular flexibility index (Phi) is 10.1. The van der Waals surface area contributed by atoms with Crippen LogP contribution in [0.3, 0.4) is 0 Å². The Morgan fingerprint density at radius 2 is 1.68 bits per heavy atom. The summed E-state index contributed by atoms with van der Waals surface area (Å²) in [6, 6.07) is 4.40. The average Bonchev–Trinajstić information content (AvgIpc) is 3.41. The Morgan fingerprint density at radius 1 is 1.00 bits per heavy atom. The molecule has 47 heavy (non-hydrogen) atoms. The van der Waals surface area contributed by atoms with Gasteiger partial charge in [0, 0.05) is 38.3 Å². The topological polar surface area (TPSA) is 135 Å². The largest absolute Gasteiger partial charge is 0.423 e. The second kappa shape index (κ2) is 13.6. The molecule has 1 saturated heterocycles. The first-order chi connectivity index (χ1) is 22.0. The monoisotopic (exact) mass is 709 g/mol. The van der Waals surface area contributed by atoms with Crippen molar-refractivity contribution in [2.45, 2.75) is 61.6 Å². The fourth-order valence-corrected chi connectivity index (χ4v) is 7.87. The van der Waals surface area contributed by atoms with E-state index in [1.54, 1.807) is 4.90 Å². The minimum absolute atomic E-state index is 0.177. The van der Waals surface area contributed by atoms with Gasteiger partial charge in [-0.2, -0.15) is 26.3 Å². The molecule has 2 aliphatic rings. The molecule has 1 N–H and O–H groups in total. The summed E-state index contributed by atoms with van der Waals surface area (Å²) in [6.45, 7) is 2.21. The third kappa shape index (κ3) is 8.56. The van der Waals surface area contributed by atoms with Crippen LogP contribution in [0.2, 0.25) is 0 Å². The maximum atomic E-state index is 13.3. The molecule has 3 aromatic rings. The van der Waals surface area contributed by atoms with Gasteiger partial charge in [0.05, 0.1) is 38.2 Å². The zero-order valence-electron chi connectivity index (χ0n) is 24.5. The number of rotatable bonds is 9. The molecule has 0 radical (unpaired) electrons. The Balaban J connectivity index is 1.05. The Morgan fingerprint density at radius 3 is 2.30 bits per heavy atom. The van der Waals surface area contributed by atoms with E-state index in [1.165, 1.54) is 17.4 Å². The van der Waals surface area contributed by atoms with Gasteiger partial charge >= 0.3 is 12.4 Å². The molecule has 1 amide bonds. The van der Waals surface area contributed by atoms with Crippen molar-refractivity contribution in [3.8, 4) is 0 Å². The first kappa shape index (κ1) is 34.9. The van der Waals surface area contributed by atoms with Crippen molar-refractivity contribution < 1.29 is 49.2 Å². The van der Waals surface area contributed by atoms with Gasteiger partial charge in [0.1, 0.15) is 17.2 Å². The highest BCUT2D eigenvalue weighted by molar-refractivity contribution is 7.89. The predicted molar refractivity (Wildman–Crippen MR) is 157 cm³/mol. The van der Waals surface area contributed by atoms with E-state index < -0.39 is 55.1 Å². The van der Waals surface area contributed by atoms with E-state index in [0.717, 1.165) is 18.2 Å². The van der Waals surface area contributed by atoms with Crippen LogP contribution in [0.4, 0.5) is 32.0 Å². The predicted octanol–water partition coefficient (Wildman–Crippen LogP) is 5.19. The summed E-state index contributed by atoms with van der Waals surface area (Å²) < 4.78 is 113. The number of piperazine rings is 1. The first-order valence-corrected chi connectivity index (χ1v) is 16.8. The van der Waals surface area contributed by atoms with Gasteiger partial charge in [-0.05, 0) is 56.0 Å². The average molecular weight is 710 g/mol. The lowest BCUT2D eigenvalue weighted by molar-refractivity contribution is -0.388. The Hall–Kier alpha value is -3.39. The van der Waals surface area contributed by atoms with E-state index in [9.17, 15) is 49.7 Å². The summed E-state index contributed by atoms with van der Waals surface area (Å²) in [5.74, 6) is -0.217. The fourth-order valence-electron chi connectivity index (χ4n) is 5.55. The highest BCUT2D eigenvalue weighted by Gasteiger charge is 2.40. The molecule has 2 heterocycles. The summed E-state index contributed by atoms with van der Waals surface area (Å²) in [5, 5.41) is 11.6. The highest BCUT2D eigenvalue weighted by atomic mass is 32.2. The van der Waals surface area contributed by atoms with Gasteiger partial charge in [0.25, 0.3) is 5.69 Å². The Bertz CT molecular complexity index is 1730. The van der Waals surface area contributed by atoms with Gasteiger partial charge in [-0.1, -0.05) is 0 Å². The molecule has 5 rings (SSSR count). The zero-order chi connectivity index (χ0) is 34.1. The number of fused-ring (bicyclic) bond motifs is 1. The van der Waals surface area contributed by atoms with Crippen molar-refractivity contribution in [2.75, 3.05) is 32.8 Å². The number of benzene rings is 2. The van der Waals surface area contributed by atoms with E-state index in [4.69, 9.17) is 4.74 Å². The number of ether oxygens (including phenoxy) is 1. The number of hydrogen-bond acceptors (Lipinski definition) is 9. The van der Waals surface area contributed by atoms with Crippen LogP contribution in [-0.2, 0) is 38.5 Å². The summed E-state index contributed by atoms with van der Waals surface area (Å²) in [5.41, 5.74) is -3.36. The van der Waals surface area contributed by atoms with E-state index in [1.807, 2.05) is 0 Å². The number of sulfonamides is 1. The summed E-state index contributed by atoms with van der Waals surface area (Å²) in [6.07, 6.45) is -8.49. The van der Waals surface area contributed by atoms with Crippen molar-refractivity contribution in [1.82, 2.24) is 19.5 Å². The fraction of sp³-hybridized carbons (Fsp3) is 0.500. The molecular weight excluding hydrogens is 680 g/mol. The number of hydrogen-bond donors (Lipinski definition) is 1. The molecule has 256 valence electrons. The normalized spacial score (nSPS) is 20.1. The van der Waals surface area contributed by atoms with Gasteiger partial charge in [-0.25, -0.2) is 18.1 Å². The number of halogens is 6. The van der Waals surface area contributed by atoms with Gasteiger partial charge < -0.3 is 9.64 Å². The van der Waals surface area contributed by atoms with Crippen LogP contribution in [0, 0.1) is 10.1 Å². The summed E-state index contributed by atoms with van der Waals surface area (Å²) >= 11 is 1.32. The second-order valence-corrected chi connectivity index (χ2v) is 14.1. The maximum Gasteiger partial charge on any atom is 0.423 e. The third-order valence-electron chi connectivity index (χ3n) is 8.06. The molecule has 0 unspecified atom stereocenters. The van der Waals surface area contributed by atoms with Gasteiger partial charge in [0.2, 0.25) is 15.9 Å². The van der Waals surface area contributed by atoms with Gasteiger partial charge in [0.15, 0.2) is 0 Å². The molecular formula is C28H29F6N5O6S2. The smallest absolute Gasteiger partial charge is 0.368 e. The number of nitro benzene ring substituents is 1. The van der Waals surface area contributed by atoms with Crippen molar-refractivity contribution in [2.24, 2.45) is 0 Å². The lowest BCUT2D eigenvalue weighted by Crippen LogP contribution is -2.49. The quantitative estimate of drug-likeness (QED) is 0.182. The number of nitro groups is 1. The number of carbonyl (C=O) groups excluding carboxylic acids is 1. The number of alkyl halides is 6. The lowest BCUT2D eigenvalue weighted by atomic mass is 9.94. The molecule has 0 bridgehead atoms. The standard InChI is InChI=1S/C28H29F6N5O6S2/c29-27(30,31)17-1-8-24-22(13-17)35-25(46-24)15-37-9-11-38(12-10-37)26(40)16-45-19-4-2-18(3-5-19)36-47(43,44)20-6-7-23(39(41)42)21(14-20)28(32,33)34/h1,6-8,13-14,18-19,36H,2-5,9-12,15-16H2. The summed E-state index contributed by atoms with van der Waals surface area (Å²) in [4.78, 5) is 29.9. The van der Waals surface area contributed by atoms with Crippen LogP contribution in [-0.4, -0.2) is 79.0 Å². The van der Waals surface area contributed by atoms with Gasteiger partial charge in [-0.15, -0.1) is 11.3 Å². The number of thiazole rings is 1. The summed E-state index contributed by atoms with van der Waals surface area (Å²) in [7, 11) is -4.40. The maximum absolute atomic E-state index is 13.3. The number of carbonyl (C=O) groups is 1. The van der Waals surface area contributed by atoms with Crippen LogP contribution >= 0.6 is 11.3 Å². The molecule has 2 aromatic carbocycles. The highest BCUT2D eigenvalue weighted by Crippen LogP contribution is 2.38. The zero-order valence-corrected chi connectivity index (χ0v) is 26.1. The van der Waals surface area contributed by atoms with Crippen LogP contribution in [0.15, 0.2) is 41.3 Å². The van der Waals surface area contributed by atoms with Crippen LogP contribution in [0.5, 0.6) is 0 Å². The molecule has 0 spiro atoms. The first-order valence-electron chi connectivity index (χ1n) is 14.5. The van der Waals surface area contributed by atoms with Crippen LogP contribution < -0.4 is 4.72 Å². The van der Waals surface area contributed by atoms with E-state index in [2.05, 4.69) is 14.6 Å².